The number of halogens is 1. The van der Waals surface area contributed by atoms with Crippen LogP contribution < -0.4 is 14.4 Å². The molecule has 1 heterocycles. The summed E-state index contributed by atoms with van der Waals surface area (Å²) < 4.78 is 9.96. The molecule has 96 valence electrons. The smallest absolute Gasteiger partial charge is 0.324 e. The van der Waals surface area contributed by atoms with Gasteiger partial charge in [0.15, 0.2) is 0 Å². The number of alkyl halides is 1. The van der Waals surface area contributed by atoms with E-state index in [1.807, 2.05) is 18.9 Å². The molecule has 0 aliphatic carbocycles. The molecular weight excluding hydrogens is 244 g/mol. The molecule has 0 saturated heterocycles. The van der Waals surface area contributed by atoms with Gasteiger partial charge in [-0.2, -0.15) is 9.97 Å². The molecular formula is C10H17ClN4O2. The minimum atomic E-state index is 0.114. The number of ether oxygens (including phenoxy) is 2. The molecule has 0 bridgehead atoms. The van der Waals surface area contributed by atoms with Gasteiger partial charge in [0.25, 0.3) is 0 Å². The van der Waals surface area contributed by atoms with Crippen LogP contribution in [0.15, 0.2) is 0 Å². The van der Waals surface area contributed by atoms with E-state index in [1.165, 1.54) is 14.2 Å². The van der Waals surface area contributed by atoms with Crippen molar-refractivity contribution >= 4 is 17.5 Å². The third kappa shape index (κ3) is 4.22. The number of hydrogen-bond acceptors (Lipinski definition) is 6. The molecule has 0 aromatic carbocycles. The Morgan fingerprint density at radius 1 is 1.18 bits per heavy atom. The predicted octanol–water partition coefficient (Wildman–Crippen LogP) is 1.34. The Balaban J connectivity index is 2.80. The fraction of sp³-hybridized carbons (Fsp3) is 0.700. The van der Waals surface area contributed by atoms with Gasteiger partial charge in [0.2, 0.25) is 5.95 Å². The maximum atomic E-state index is 5.90. The highest BCUT2D eigenvalue weighted by Crippen LogP contribution is 2.15. The molecule has 0 aliphatic heterocycles. The Kier molecular flexibility index (Phi) is 5.21. The molecule has 0 fully saturated rings. The van der Waals surface area contributed by atoms with Gasteiger partial charge in [-0.3, -0.25) is 0 Å². The van der Waals surface area contributed by atoms with E-state index in [0.29, 0.717) is 5.95 Å². The molecule has 6 nitrogen and oxygen atoms in total. The second-order valence-electron chi connectivity index (χ2n) is 3.60. The predicted molar refractivity (Wildman–Crippen MR) is 66.1 cm³/mol. The molecule has 0 aliphatic rings. The fourth-order valence-corrected chi connectivity index (χ4v) is 1.25. The molecule has 7 heteroatoms. The van der Waals surface area contributed by atoms with E-state index in [4.69, 9.17) is 21.1 Å². The summed E-state index contributed by atoms with van der Waals surface area (Å²) in [6.45, 7) is 2.70. The summed E-state index contributed by atoms with van der Waals surface area (Å²) in [5.41, 5.74) is 0. The first-order chi connectivity index (χ1) is 8.06. The molecule has 0 spiro atoms. The van der Waals surface area contributed by atoms with Gasteiger partial charge in [-0.1, -0.05) is 0 Å². The van der Waals surface area contributed by atoms with Crippen LogP contribution in [0.25, 0.3) is 0 Å². The fourth-order valence-electron chi connectivity index (χ4n) is 1.15. The van der Waals surface area contributed by atoms with E-state index in [-0.39, 0.29) is 17.4 Å². The van der Waals surface area contributed by atoms with Gasteiger partial charge < -0.3 is 14.4 Å². The first-order valence-electron chi connectivity index (χ1n) is 5.26. The summed E-state index contributed by atoms with van der Waals surface area (Å²) in [5, 5.41) is 0.114. The number of methoxy groups -OCH3 is 2. The highest BCUT2D eigenvalue weighted by molar-refractivity contribution is 6.20. The maximum absolute atomic E-state index is 5.90. The number of rotatable bonds is 6. The second-order valence-corrected chi connectivity index (χ2v) is 4.34. The Morgan fingerprint density at radius 2 is 1.71 bits per heavy atom. The molecule has 1 aromatic rings. The van der Waals surface area contributed by atoms with Crippen LogP contribution >= 0.6 is 11.6 Å². The lowest BCUT2D eigenvalue weighted by Gasteiger charge is -2.17. The van der Waals surface area contributed by atoms with E-state index < -0.39 is 0 Å². The van der Waals surface area contributed by atoms with Gasteiger partial charge in [-0.05, 0) is 13.3 Å². The lowest BCUT2D eigenvalue weighted by molar-refractivity contribution is 0.340. The monoisotopic (exact) mass is 260 g/mol. The largest absolute Gasteiger partial charge is 0.467 e. The van der Waals surface area contributed by atoms with Crippen LogP contribution in [0.4, 0.5) is 5.95 Å². The summed E-state index contributed by atoms with van der Waals surface area (Å²) >= 11 is 5.90. The maximum Gasteiger partial charge on any atom is 0.324 e. The van der Waals surface area contributed by atoms with Crippen molar-refractivity contribution in [2.75, 3.05) is 32.7 Å². The zero-order valence-corrected chi connectivity index (χ0v) is 11.2. The topological polar surface area (TPSA) is 60.4 Å². The van der Waals surface area contributed by atoms with Crippen LogP contribution in [0.3, 0.4) is 0 Å². The normalized spacial score (nSPS) is 12.1. The second kappa shape index (κ2) is 6.44. The zero-order chi connectivity index (χ0) is 12.8. The van der Waals surface area contributed by atoms with Gasteiger partial charge in [0, 0.05) is 19.0 Å². The van der Waals surface area contributed by atoms with Gasteiger partial charge in [0.05, 0.1) is 14.2 Å². The lowest BCUT2D eigenvalue weighted by atomic mass is 10.3. The SMILES string of the molecule is COc1nc(OC)nc(N(C)CCC(C)Cl)n1. The first kappa shape index (κ1) is 13.8. The average molecular weight is 261 g/mol. The minimum absolute atomic E-state index is 0.114. The van der Waals surface area contributed by atoms with Crippen LogP contribution in [0.1, 0.15) is 13.3 Å². The van der Waals surface area contributed by atoms with Crippen molar-refractivity contribution in [2.45, 2.75) is 18.7 Å². The van der Waals surface area contributed by atoms with Crippen LogP contribution in [-0.2, 0) is 0 Å². The Labute approximate surface area is 106 Å². The van der Waals surface area contributed by atoms with Gasteiger partial charge in [0.1, 0.15) is 0 Å². The molecule has 0 N–H and O–H groups in total. The highest BCUT2D eigenvalue weighted by atomic mass is 35.5. The number of nitrogens with zero attached hydrogens (tertiary/aromatic N) is 4. The Bertz CT molecular complexity index is 340. The molecule has 1 atom stereocenters. The molecule has 1 rings (SSSR count). The average Bonchev–Trinajstić information content (AvgIpc) is 2.34. The van der Waals surface area contributed by atoms with E-state index in [2.05, 4.69) is 15.0 Å². The van der Waals surface area contributed by atoms with E-state index >= 15 is 0 Å². The van der Waals surface area contributed by atoms with Crippen molar-refractivity contribution in [2.24, 2.45) is 0 Å². The van der Waals surface area contributed by atoms with Crippen LogP contribution in [-0.4, -0.2) is 48.1 Å². The van der Waals surface area contributed by atoms with Crippen molar-refractivity contribution in [3.05, 3.63) is 0 Å². The van der Waals surface area contributed by atoms with Crippen molar-refractivity contribution in [1.29, 1.82) is 0 Å². The summed E-state index contributed by atoms with van der Waals surface area (Å²) in [5.74, 6) is 0.506. The van der Waals surface area contributed by atoms with E-state index in [0.717, 1.165) is 13.0 Å². The minimum Gasteiger partial charge on any atom is -0.467 e. The summed E-state index contributed by atoms with van der Waals surface area (Å²) in [6.07, 6.45) is 0.842. The molecule has 17 heavy (non-hydrogen) atoms. The molecule has 0 radical (unpaired) electrons. The van der Waals surface area contributed by atoms with Crippen molar-refractivity contribution in [1.82, 2.24) is 15.0 Å². The third-order valence-electron chi connectivity index (χ3n) is 2.15. The van der Waals surface area contributed by atoms with Crippen LogP contribution in [0.2, 0.25) is 0 Å². The molecule has 0 amide bonds. The van der Waals surface area contributed by atoms with Crippen LogP contribution in [0, 0.1) is 0 Å². The van der Waals surface area contributed by atoms with Gasteiger partial charge in [-0.15, -0.1) is 16.6 Å². The van der Waals surface area contributed by atoms with Gasteiger partial charge >= 0.3 is 12.0 Å². The molecule has 1 aromatic heterocycles. The van der Waals surface area contributed by atoms with Crippen molar-refractivity contribution < 1.29 is 9.47 Å². The van der Waals surface area contributed by atoms with Crippen LogP contribution in [0.5, 0.6) is 12.0 Å². The standard InChI is InChI=1S/C10H17ClN4O2/c1-7(11)5-6-15(2)8-12-9(16-3)14-10(13-8)17-4/h7H,5-6H2,1-4H3. The molecule has 1 unspecified atom stereocenters. The third-order valence-corrected chi connectivity index (χ3v) is 2.37. The number of anilines is 1. The summed E-state index contributed by atoms with van der Waals surface area (Å²) in [4.78, 5) is 14.1. The van der Waals surface area contributed by atoms with Gasteiger partial charge in [-0.25, -0.2) is 0 Å². The Morgan fingerprint density at radius 3 is 2.12 bits per heavy atom. The highest BCUT2D eigenvalue weighted by Gasteiger charge is 2.11. The van der Waals surface area contributed by atoms with Crippen molar-refractivity contribution in [3.8, 4) is 12.0 Å². The summed E-state index contributed by atoms with van der Waals surface area (Å²) in [6, 6.07) is 0.468. The Hall–Kier alpha value is -1.30. The summed E-state index contributed by atoms with van der Waals surface area (Å²) in [7, 11) is 4.88. The van der Waals surface area contributed by atoms with Crippen molar-refractivity contribution in [3.63, 3.8) is 0 Å². The lowest BCUT2D eigenvalue weighted by Crippen LogP contribution is -2.23. The first-order valence-corrected chi connectivity index (χ1v) is 5.69. The van der Waals surface area contributed by atoms with E-state index in [1.54, 1.807) is 0 Å². The van der Waals surface area contributed by atoms with E-state index in [9.17, 15) is 0 Å². The quantitative estimate of drug-likeness (QED) is 0.720. The molecule has 0 saturated carbocycles. The zero-order valence-electron chi connectivity index (χ0n) is 10.5. The number of aromatic nitrogens is 3. The number of hydrogen-bond donors (Lipinski definition) is 0.